The fourth-order valence-corrected chi connectivity index (χ4v) is 0.857. The third-order valence-electron chi connectivity index (χ3n) is 1.63. The molecule has 11 heavy (non-hydrogen) atoms. The molecule has 0 aromatic heterocycles. The Morgan fingerprint density at radius 3 is 2.64 bits per heavy atom. The topological polar surface area (TPSA) is 75.7 Å². The van der Waals surface area contributed by atoms with Gasteiger partial charge in [-0.15, -0.1) is 4.91 Å². The van der Waals surface area contributed by atoms with Gasteiger partial charge in [0.15, 0.2) is 0 Å². The van der Waals surface area contributed by atoms with E-state index in [-0.39, 0.29) is 0 Å². The maximum absolute atomic E-state index is 9.80. The van der Waals surface area contributed by atoms with Crippen molar-refractivity contribution in [3.63, 3.8) is 0 Å². The zero-order chi connectivity index (χ0) is 8.69. The number of hydrogen-bond acceptors (Lipinski definition) is 4. The van der Waals surface area contributed by atoms with Gasteiger partial charge in [-0.1, -0.05) is 26.2 Å². The summed E-state index contributed by atoms with van der Waals surface area (Å²) in [6.07, 6.45) is 2.58. The average Bonchev–Trinajstić information content (AvgIpc) is 2.03. The molecule has 0 fully saturated rings. The smallest absolute Gasteiger partial charge is 0.202 e. The van der Waals surface area contributed by atoms with Gasteiger partial charge in [0.2, 0.25) is 6.23 Å². The van der Waals surface area contributed by atoms with Gasteiger partial charge in [0.25, 0.3) is 0 Å². The van der Waals surface area contributed by atoms with Gasteiger partial charge >= 0.3 is 0 Å². The van der Waals surface area contributed by atoms with Crippen LogP contribution in [0, 0.1) is 4.91 Å². The predicted molar refractivity (Wildman–Crippen MR) is 43.9 cm³/mol. The van der Waals surface area contributed by atoms with E-state index in [1.54, 1.807) is 0 Å². The van der Waals surface area contributed by atoms with Crippen LogP contribution in [-0.4, -0.2) is 17.4 Å². The van der Waals surface area contributed by atoms with E-state index in [1.165, 1.54) is 0 Å². The van der Waals surface area contributed by atoms with E-state index in [0.717, 1.165) is 19.3 Å². The summed E-state index contributed by atoms with van der Waals surface area (Å²) in [5.41, 5.74) is 5.42. The lowest BCUT2D eigenvalue weighted by atomic mass is 10.1. The normalized spacial score (nSPS) is 15.9. The van der Waals surface area contributed by atoms with E-state index >= 15 is 0 Å². The van der Waals surface area contributed by atoms with Crippen LogP contribution in [0.3, 0.4) is 0 Å². The summed E-state index contributed by atoms with van der Waals surface area (Å²) >= 11 is 0. The summed E-state index contributed by atoms with van der Waals surface area (Å²) in [6, 6.07) is -0.487. The van der Waals surface area contributed by atoms with E-state index in [9.17, 15) is 4.91 Å². The first-order chi connectivity index (χ1) is 5.22. The third-order valence-corrected chi connectivity index (χ3v) is 1.63. The number of unbranched alkanes of at least 4 members (excludes halogenated alkanes) is 2. The minimum Gasteiger partial charge on any atom is -0.368 e. The molecular weight excluding hydrogens is 144 g/mol. The zero-order valence-electron chi connectivity index (χ0n) is 6.86. The number of nitrogens with two attached hydrogens (primary N) is 1. The quantitative estimate of drug-likeness (QED) is 0.449. The van der Waals surface area contributed by atoms with E-state index in [2.05, 4.69) is 12.1 Å². The van der Waals surface area contributed by atoms with Crippen LogP contribution >= 0.6 is 0 Å². The van der Waals surface area contributed by atoms with Crippen LogP contribution in [0.5, 0.6) is 0 Å². The molecule has 66 valence electrons. The first-order valence-corrected chi connectivity index (χ1v) is 3.98. The van der Waals surface area contributed by atoms with Crippen LogP contribution in [0.2, 0.25) is 0 Å². The van der Waals surface area contributed by atoms with Crippen LogP contribution in [0.4, 0.5) is 0 Å². The van der Waals surface area contributed by atoms with Gasteiger partial charge < -0.3 is 10.8 Å². The van der Waals surface area contributed by atoms with Gasteiger partial charge in [0.1, 0.15) is 0 Å². The summed E-state index contributed by atoms with van der Waals surface area (Å²) < 4.78 is 0. The van der Waals surface area contributed by atoms with Gasteiger partial charge in [-0.3, -0.25) is 0 Å². The fraction of sp³-hybridized carbons (Fsp3) is 1.00. The Balaban J connectivity index is 3.35. The molecule has 0 aliphatic rings. The molecule has 4 heteroatoms. The third kappa shape index (κ3) is 4.86. The van der Waals surface area contributed by atoms with Gasteiger partial charge in [0, 0.05) is 0 Å². The molecule has 0 radical (unpaired) electrons. The second-order valence-electron chi connectivity index (χ2n) is 2.68. The van der Waals surface area contributed by atoms with Crippen LogP contribution in [0.1, 0.15) is 32.6 Å². The molecule has 0 aromatic rings. The van der Waals surface area contributed by atoms with E-state index < -0.39 is 12.3 Å². The lowest BCUT2D eigenvalue weighted by molar-refractivity contribution is 0.146. The number of aliphatic hydroxyl groups is 1. The molecule has 0 aliphatic heterocycles. The van der Waals surface area contributed by atoms with Crippen molar-refractivity contribution in [2.75, 3.05) is 0 Å². The molecule has 1 unspecified atom stereocenters. The zero-order valence-corrected chi connectivity index (χ0v) is 6.86. The monoisotopic (exact) mass is 160 g/mol. The molecule has 0 aliphatic carbocycles. The molecule has 0 aromatic carbocycles. The minimum atomic E-state index is -1.23. The molecule has 0 spiro atoms. The molecule has 0 amide bonds. The van der Waals surface area contributed by atoms with Gasteiger partial charge in [0.05, 0.1) is 6.04 Å². The van der Waals surface area contributed by atoms with Crippen LogP contribution in [-0.2, 0) is 0 Å². The van der Waals surface area contributed by atoms with E-state index in [4.69, 9.17) is 10.8 Å². The lowest BCUT2D eigenvalue weighted by Crippen LogP contribution is -2.32. The largest absolute Gasteiger partial charge is 0.368 e. The first kappa shape index (κ1) is 10.5. The van der Waals surface area contributed by atoms with E-state index in [1.807, 2.05) is 0 Å². The Hall–Kier alpha value is -0.480. The number of hydrogen-bond donors (Lipinski definition) is 2. The predicted octanol–water partition coefficient (Wildman–Crippen LogP) is 0.979. The van der Waals surface area contributed by atoms with Crippen LogP contribution in [0.15, 0.2) is 5.18 Å². The summed E-state index contributed by atoms with van der Waals surface area (Å²) in [5, 5.41) is 11.3. The molecule has 0 heterocycles. The van der Waals surface area contributed by atoms with Crippen molar-refractivity contribution in [2.24, 2.45) is 10.9 Å². The highest BCUT2D eigenvalue weighted by atomic mass is 16.3. The van der Waals surface area contributed by atoms with Crippen molar-refractivity contribution in [3.05, 3.63) is 4.91 Å². The SMILES string of the molecule is CCCCCC(N)[C@H](O)N=O. The number of nitrogens with zero attached hydrogens (tertiary/aromatic N) is 1. The maximum Gasteiger partial charge on any atom is 0.202 e. The van der Waals surface area contributed by atoms with Gasteiger partial charge in [-0.2, -0.15) is 0 Å². The Morgan fingerprint density at radius 2 is 2.18 bits per heavy atom. The first-order valence-electron chi connectivity index (χ1n) is 3.98. The Bertz CT molecular complexity index is 109. The standard InChI is InChI=1S/C7H16N2O2/c1-2-3-4-5-6(8)7(10)9-11/h6-7,10H,2-5,8H2,1H3/t6?,7-/m0/s1. The molecule has 0 saturated heterocycles. The lowest BCUT2D eigenvalue weighted by Gasteiger charge is -2.10. The number of nitroso groups, excluding NO2 is 1. The van der Waals surface area contributed by atoms with E-state index in [0.29, 0.717) is 6.42 Å². The van der Waals surface area contributed by atoms with Crippen LogP contribution < -0.4 is 5.73 Å². The van der Waals surface area contributed by atoms with Crippen molar-refractivity contribution in [3.8, 4) is 0 Å². The van der Waals surface area contributed by atoms with Crippen molar-refractivity contribution in [2.45, 2.75) is 44.9 Å². The summed E-state index contributed by atoms with van der Waals surface area (Å²) in [5.74, 6) is 0. The molecule has 0 saturated carbocycles. The highest BCUT2D eigenvalue weighted by molar-refractivity contribution is 4.68. The molecule has 4 nitrogen and oxygen atoms in total. The number of aliphatic hydroxyl groups excluding tert-OH is 1. The molecule has 0 rings (SSSR count). The van der Waals surface area contributed by atoms with Crippen LogP contribution in [0.25, 0.3) is 0 Å². The van der Waals surface area contributed by atoms with Crippen molar-refractivity contribution < 1.29 is 5.11 Å². The summed E-state index contributed by atoms with van der Waals surface area (Å²) in [4.78, 5) is 9.80. The average molecular weight is 160 g/mol. The molecular formula is C7H16N2O2. The maximum atomic E-state index is 9.80. The molecule has 2 atom stereocenters. The fourth-order valence-electron chi connectivity index (χ4n) is 0.857. The second-order valence-corrected chi connectivity index (χ2v) is 2.68. The Labute approximate surface area is 66.8 Å². The van der Waals surface area contributed by atoms with Crippen molar-refractivity contribution in [1.82, 2.24) is 0 Å². The highest BCUT2D eigenvalue weighted by Gasteiger charge is 2.13. The second kappa shape index (κ2) is 6.24. The minimum absolute atomic E-state index is 0.487. The van der Waals surface area contributed by atoms with Crippen molar-refractivity contribution in [1.29, 1.82) is 0 Å². The van der Waals surface area contributed by atoms with Gasteiger partial charge in [-0.25, -0.2) is 0 Å². The number of rotatable bonds is 6. The van der Waals surface area contributed by atoms with Crippen molar-refractivity contribution >= 4 is 0 Å². The Kier molecular flexibility index (Phi) is 5.97. The molecule has 3 N–H and O–H groups in total. The summed E-state index contributed by atoms with van der Waals surface area (Å²) in [7, 11) is 0. The summed E-state index contributed by atoms with van der Waals surface area (Å²) in [6.45, 7) is 2.08. The molecule has 0 bridgehead atoms. The van der Waals surface area contributed by atoms with Gasteiger partial charge in [-0.05, 0) is 11.6 Å². The highest BCUT2D eigenvalue weighted by Crippen LogP contribution is 2.04. The Morgan fingerprint density at radius 1 is 1.55 bits per heavy atom.